The molecule has 0 aliphatic carbocycles. The third-order valence-electron chi connectivity index (χ3n) is 5.39. The molecule has 0 N–H and O–H groups in total. The Morgan fingerprint density at radius 3 is 1.54 bits per heavy atom. The topological polar surface area (TPSA) is 97.4 Å². The van der Waals surface area contributed by atoms with Gasteiger partial charge in [-0.05, 0) is 36.4 Å². The Balaban J connectivity index is 1.54. The van der Waals surface area contributed by atoms with Gasteiger partial charge in [-0.15, -0.1) is 0 Å². The number of ether oxygens (including phenoxy) is 5. The van der Waals surface area contributed by atoms with Gasteiger partial charge in [0.1, 0.15) is 12.7 Å². The van der Waals surface area contributed by atoms with E-state index in [1.165, 1.54) is 7.11 Å². The molecule has 0 radical (unpaired) electrons. The molecule has 1 aliphatic heterocycles. The molecule has 1 fully saturated rings. The van der Waals surface area contributed by atoms with Crippen molar-refractivity contribution in [3.8, 4) is 0 Å². The Bertz CT molecular complexity index is 1130. The van der Waals surface area contributed by atoms with E-state index in [9.17, 15) is 14.4 Å². The first kappa shape index (κ1) is 24.1. The molecule has 3 aromatic carbocycles. The number of methoxy groups -OCH3 is 1. The van der Waals surface area contributed by atoms with Crippen molar-refractivity contribution in [2.75, 3.05) is 13.7 Å². The van der Waals surface area contributed by atoms with Crippen molar-refractivity contribution in [1.82, 2.24) is 0 Å². The molecule has 0 amide bonds. The van der Waals surface area contributed by atoms with Crippen LogP contribution in [0.4, 0.5) is 0 Å². The summed E-state index contributed by atoms with van der Waals surface area (Å²) in [4.78, 5) is 38.0. The number of carbonyl (C=O) groups is 3. The summed E-state index contributed by atoms with van der Waals surface area (Å²) < 4.78 is 28.0. The Morgan fingerprint density at radius 2 is 1.09 bits per heavy atom. The molecule has 4 rings (SSSR count). The third kappa shape index (κ3) is 5.92. The minimum Gasteiger partial charge on any atom is -0.459 e. The van der Waals surface area contributed by atoms with Crippen LogP contribution in [0.1, 0.15) is 31.1 Å². The molecular weight excluding hydrogens is 452 g/mol. The smallest absolute Gasteiger partial charge is 0.338 e. The number of rotatable bonds is 8. The van der Waals surface area contributed by atoms with Crippen LogP contribution >= 0.6 is 0 Å². The maximum Gasteiger partial charge on any atom is 0.338 e. The van der Waals surface area contributed by atoms with Crippen LogP contribution in [0.25, 0.3) is 0 Å². The first-order chi connectivity index (χ1) is 17.1. The van der Waals surface area contributed by atoms with E-state index in [4.69, 9.17) is 23.7 Å². The van der Waals surface area contributed by atoms with Crippen molar-refractivity contribution >= 4 is 17.9 Å². The molecule has 1 saturated heterocycles. The highest BCUT2D eigenvalue weighted by atomic mass is 16.7. The van der Waals surface area contributed by atoms with Crippen molar-refractivity contribution in [3.05, 3.63) is 108 Å². The average molecular weight is 476 g/mol. The Morgan fingerprint density at radius 1 is 0.657 bits per heavy atom. The predicted octanol–water partition coefficient (Wildman–Crippen LogP) is 3.67. The van der Waals surface area contributed by atoms with Crippen molar-refractivity contribution in [1.29, 1.82) is 0 Å². The SMILES string of the molecule is COC1OC(COC(=O)c2ccccc2)[C@@H](OC(=O)c2ccccc2)[C@@H]1OC(=O)c1ccccc1. The first-order valence-electron chi connectivity index (χ1n) is 11.0. The Labute approximate surface area is 202 Å². The molecule has 0 aromatic heterocycles. The van der Waals surface area contributed by atoms with Crippen LogP contribution in [0.2, 0.25) is 0 Å². The van der Waals surface area contributed by atoms with Crippen LogP contribution in [-0.4, -0.2) is 56.2 Å². The molecule has 4 atom stereocenters. The lowest BCUT2D eigenvalue weighted by atomic mass is 10.1. The summed E-state index contributed by atoms with van der Waals surface area (Å²) in [5.41, 5.74) is 0.981. The highest BCUT2D eigenvalue weighted by molar-refractivity contribution is 5.90. The highest BCUT2D eigenvalue weighted by Gasteiger charge is 2.50. The fourth-order valence-electron chi connectivity index (χ4n) is 3.63. The van der Waals surface area contributed by atoms with E-state index in [1.807, 2.05) is 0 Å². The molecule has 3 aromatic rings. The van der Waals surface area contributed by atoms with E-state index in [1.54, 1.807) is 91.0 Å². The summed E-state index contributed by atoms with van der Waals surface area (Å²) in [7, 11) is 1.38. The van der Waals surface area contributed by atoms with Gasteiger partial charge in [-0.3, -0.25) is 0 Å². The highest BCUT2D eigenvalue weighted by Crippen LogP contribution is 2.29. The largest absolute Gasteiger partial charge is 0.459 e. The van der Waals surface area contributed by atoms with E-state index in [-0.39, 0.29) is 6.61 Å². The lowest BCUT2D eigenvalue weighted by Crippen LogP contribution is -2.42. The van der Waals surface area contributed by atoms with E-state index in [2.05, 4.69) is 0 Å². The molecule has 0 saturated carbocycles. The third-order valence-corrected chi connectivity index (χ3v) is 5.39. The van der Waals surface area contributed by atoms with Crippen LogP contribution in [0.15, 0.2) is 91.0 Å². The van der Waals surface area contributed by atoms with E-state index >= 15 is 0 Å². The quantitative estimate of drug-likeness (QED) is 0.359. The van der Waals surface area contributed by atoms with Crippen molar-refractivity contribution in [2.45, 2.75) is 24.6 Å². The second-order valence-corrected chi connectivity index (χ2v) is 7.72. The first-order valence-corrected chi connectivity index (χ1v) is 11.0. The monoisotopic (exact) mass is 476 g/mol. The molecule has 1 aliphatic rings. The van der Waals surface area contributed by atoms with Gasteiger partial charge in [-0.2, -0.15) is 0 Å². The molecule has 8 heteroatoms. The zero-order valence-electron chi connectivity index (χ0n) is 18.9. The van der Waals surface area contributed by atoms with Gasteiger partial charge in [-0.25, -0.2) is 14.4 Å². The second-order valence-electron chi connectivity index (χ2n) is 7.72. The van der Waals surface area contributed by atoms with E-state index < -0.39 is 42.5 Å². The maximum absolute atomic E-state index is 12.8. The molecule has 0 bridgehead atoms. The lowest BCUT2D eigenvalue weighted by Gasteiger charge is -2.24. The number of esters is 3. The Kier molecular flexibility index (Phi) is 7.87. The van der Waals surface area contributed by atoms with Crippen LogP contribution in [0.3, 0.4) is 0 Å². The second kappa shape index (κ2) is 11.4. The minimum absolute atomic E-state index is 0.250. The molecule has 2 unspecified atom stereocenters. The van der Waals surface area contributed by atoms with Crippen molar-refractivity contribution in [3.63, 3.8) is 0 Å². The lowest BCUT2D eigenvalue weighted by molar-refractivity contribution is -0.155. The van der Waals surface area contributed by atoms with E-state index in [0.717, 1.165) is 0 Å². The number of hydrogen-bond donors (Lipinski definition) is 0. The average Bonchev–Trinajstić information content (AvgIpc) is 3.24. The summed E-state index contributed by atoms with van der Waals surface area (Å²) in [6.45, 7) is -0.250. The van der Waals surface area contributed by atoms with Gasteiger partial charge in [0, 0.05) is 7.11 Å². The van der Waals surface area contributed by atoms with Crippen LogP contribution in [0, 0.1) is 0 Å². The van der Waals surface area contributed by atoms with Gasteiger partial charge in [0.25, 0.3) is 0 Å². The Hall–Kier alpha value is -4.01. The molecule has 1 heterocycles. The van der Waals surface area contributed by atoms with Gasteiger partial charge in [-0.1, -0.05) is 54.6 Å². The fourth-order valence-corrected chi connectivity index (χ4v) is 3.63. The molecular formula is C27H24O8. The zero-order chi connectivity index (χ0) is 24.6. The molecule has 180 valence electrons. The van der Waals surface area contributed by atoms with Gasteiger partial charge in [0.2, 0.25) is 0 Å². The van der Waals surface area contributed by atoms with E-state index in [0.29, 0.717) is 16.7 Å². The summed E-state index contributed by atoms with van der Waals surface area (Å²) in [5.74, 6) is -1.85. The van der Waals surface area contributed by atoms with Gasteiger partial charge in [0.05, 0.1) is 16.7 Å². The number of carbonyl (C=O) groups excluding carboxylic acids is 3. The zero-order valence-corrected chi connectivity index (χ0v) is 18.9. The van der Waals surface area contributed by atoms with Gasteiger partial charge in [0.15, 0.2) is 18.5 Å². The van der Waals surface area contributed by atoms with Crippen LogP contribution in [-0.2, 0) is 23.7 Å². The number of hydrogen-bond acceptors (Lipinski definition) is 8. The molecule has 0 spiro atoms. The summed E-state index contributed by atoms with van der Waals surface area (Å²) >= 11 is 0. The van der Waals surface area contributed by atoms with Crippen LogP contribution < -0.4 is 0 Å². The predicted molar refractivity (Wildman–Crippen MR) is 124 cm³/mol. The minimum atomic E-state index is -1.10. The summed E-state index contributed by atoms with van der Waals surface area (Å²) in [5, 5.41) is 0. The number of benzene rings is 3. The standard InChI is InChI=1S/C27H24O8/c1-31-27-23(35-26(30)20-15-9-4-10-16-20)22(34-25(29)19-13-7-3-8-14-19)21(33-27)17-32-24(28)18-11-5-2-6-12-18/h2-16,21-23,27H,17H2,1H3/t21?,22-,23+,27?/m1/s1. The van der Waals surface area contributed by atoms with Gasteiger partial charge < -0.3 is 23.7 Å². The molecule has 8 nitrogen and oxygen atoms in total. The van der Waals surface area contributed by atoms with Crippen molar-refractivity contribution in [2.24, 2.45) is 0 Å². The fraction of sp³-hybridized carbons (Fsp3) is 0.222. The molecule has 35 heavy (non-hydrogen) atoms. The summed E-state index contributed by atoms with van der Waals surface area (Å²) in [6.07, 6.45) is -4.17. The van der Waals surface area contributed by atoms with Gasteiger partial charge >= 0.3 is 17.9 Å². The maximum atomic E-state index is 12.8. The van der Waals surface area contributed by atoms with Crippen LogP contribution in [0.5, 0.6) is 0 Å². The van der Waals surface area contributed by atoms with Crippen molar-refractivity contribution < 1.29 is 38.1 Å². The normalized spacial score (nSPS) is 21.2. The summed E-state index contributed by atoms with van der Waals surface area (Å²) in [6, 6.07) is 25.2.